The second kappa shape index (κ2) is 10.0. The van der Waals surface area contributed by atoms with Gasteiger partial charge < -0.3 is 19.5 Å². The SMILES string of the molecule is COc1cc(OC)cc(C(=O)Nc2ccc(-n3nc(OC)nc3-c3ccc(Cl)c(Cl)c3)cc2)c1. The third kappa shape index (κ3) is 4.93. The second-order valence-electron chi connectivity index (χ2n) is 7.07. The monoisotopic (exact) mass is 498 g/mol. The van der Waals surface area contributed by atoms with Gasteiger partial charge in [0.25, 0.3) is 5.91 Å². The van der Waals surface area contributed by atoms with E-state index in [-0.39, 0.29) is 11.9 Å². The van der Waals surface area contributed by atoms with E-state index in [2.05, 4.69) is 15.4 Å². The summed E-state index contributed by atoms with van der Waals surface area (Å²) >= 11 is 12.2. The van der Waals surface area contributed by atoms with E-state index >= 15 is 0 Å². The van der Waals surface area contributed by atoms with Crippen LogP contribution < -0.4 is 19.5 Å². The van der Waals surface area contributed by atoms with E-state index in [1.165, 1.54) is 21.3 Å². The molecule has 0 aliphatic rings. The van der Waals surface area contributed by atoms with Crippen molar-refractivity contribution in [3.05, 3.63) is 76.3 Å². The minimum absolute atomic E-state index is 0.199. The minimum Gasteiger partial charge on any atom is -0.497 e. The molecule has 0 aliphatic heterocycles. The lowest BCUT2D eigenvalue weighted by Gasteiger charge is -2.10. The number of anilines is 1. The Morgan fingerprint density at radius 2 is 1.53 bits per heavy atom. The van der Waals surface area contributed by atoms with Crippen LogP contribution in [-0.2, 0) is 0 Å². The number of carbonyl (C=O) groups is 1. The number of methoxy groups -OCH3 is 3. The fourth-order valence-electron chi connectivity index (χ4n) is 3.21. The zero-order valence-corrected chi connectivity index (χ0v) is 20.0. The van der Waals surface area contributed by atoms with Crippen molar-refractivity contribution in [2.45, 2.75) is 0 Å². The fourth-order valence-corrected chi connectivity index (χ4v) is 3.51. The maximum absolute atomic E-state index is 12.8. The van der Waals surface area contributed by atoms with E-state index in [0.29, 0.717) is 44.3 Å². The molecule has 0 radical (unpaired) electrons. The van der Waals surface area contributed by atoms with Crippen LogP contribution in [0.25, 0.3) is 17.1 Å². The van der Waals surface area contributed by atoms with Gasteiger partial charge in [0.1, 0.15) is 11.5 Å². The van der Waals surface area contributed by atoms with Gasteiger partial charge in [0, 0.05) is 22.9 Å². The predicted molar refractivity (Wildman–Crippen MR) is 131 cm³/mol. The average molecular weight is 499 g/mol. The first-order chi connectivity index (χ1) is 16.4. The highest BCUT2D eigenvalue weighted by Gasteiger charge is 2.16. The first-order valence-electron chi connectivity index (χ1n) is 10.0. The molecule has 0 fully saturated rings. The lowest BCUT2D eigenvalue weighted by molar-refractivity contribution is 0.102. The Hall–Kier alpha value is -3.75. The summed E-state index contributed by atoms with van der Waals surface area (Å²) in [7, 11) is 4.55. The molecule has 0 atom stereocenters. The molecule has 10 heteroatoms. The Labute approximate surface area is 206 Å². The van der Waals surface area contributed by atoms with Crippen LogP contribution in [-0.4, -0.2) is 42.0 Å². The summed E-state index contributed by atoms with van der Waals surface area (Å²) in [5.74, 6) is 1.27. The zero-order valence-electron chi connectivity index (χ0n) is 18.5. The maximum Gasteiger partial charge on any atom is 0.336 e. The zero-order chi connectivity index (χ0) is 24.2. The molecular formula is C24H20Cl2N4O4. The highest BCUT2D eigenvalue weighted by atomic mass is 35.5. The fraction of sp³-hybridized carbons (Fsp3) is 0.125. The van der Waals surface area contributed by atoms with Crippen molar-refractivity contribution in [3.8, 4) is 34.6 Å². The van der Waals surface area contributed by atoms with Crippen LogP contribution in [0.5, 0.6) is 17.5 Å². The maximum atomic E-state index is 12.8. The molecule has 0 saturated heterocycles. The topological polar surface area (TPSA) is 87.5 Å². The summed E-state index contributed by atoms with van der Waals surface area (Å²) in [6.07, 6.45) is 0. The standard InChI is InChI=1S/C24H20Cl2N4O4/c1-32-18-10-15(11-19(13-18)33-2)23(31)27-16-5-7-17(8-6-16)30-22(28-24(29-30)34-3)14-4-9-20(25)21(26)12-14/h4-13H,1-3H3,(H,27,31). The summed E-state index contributed by atoms with van der Waals surface area (Å²) in [4.78, 5) is 17.2. The number of benzene rings is 3. The summed E-state index contributed by atoms with van der Waals surface area (Å²) < 4.78 is 17.3. The highest BCUT2D eigenvalue weighted by molar-refractivity contribution is 6.42. The van der Waals surface area contributed by atoms with Crippen molar-refractivity contribution < 1.29 is 19.0 Å². The lowest BCUT2D eigenvalue weighted by atomic mass is 10.1. The number of hydrogen-bond acceptors (Lipinski definition) is 6. The van der Waals surface area contributed by atoms with E-state index in [1.807, 2.05) is 0 Å². The number of ether oxygens (including phenoxy) is 3. The second-order valence-corrected chi connectivity index (χ2v) is 7.88. The quantitative estimate of drug-likeness (QED) is 0.361. The number of nitrogens with zero attached hydrogens (tertiary/aromatic N) is 3. The number of carbonyl (C=O) groups excluding carboxylic acids is 1. The van der Waals surface area contributed by atoms with E-state index in [9.17, 15) is 4.79 Å². The average Bonchev–Trinajstić information content (AvgIpc) is 3.30. The minimum atomic E-state index is -0.302. The number of rotatable bonds is 7. The first-order valence-corrected chi connectivity index (χ1v) is 10.8. The molecule has 0 unspecified atom stereocenters. The van der Waals surface area contributed by atoms with Gasteiger partial charge in [-0.2, -0.15) is 4.98 Å². The van der Waals surface area contributed by atoms with Crippen LogP contribution in [0.15, 0.2) is 60.7 Å². The van der Waals surface area contributed by atoms with Gasteiger partial charge in [0.2, 0.25) is 0 Å². The van der Waals surface area contributed by atoms with Crippen LogP contribution >= 0.6 is 23.2 Å². The number of halogens is 2. The van der Waals surface area contributed by atoms with Gasteiger partial charge in [-0.3, -0.25) is 4.79 Å². The van der Waals surface area contributed by atoms with Gasteiger partial charge >= 0.3 is 6.01 Å². The third-order valence-corrected chi connectivity index (χ3v) is 5.67. The first kappa shape index (κ1) is 23.4. The van der Waals surface area contributed by atoms with E-state index in [1.54, 1.807) is 65.3 Å². The van der Waals surface area contributed by atoms with E-state index in [0.717, 1.165) is 5.56 Å². The lowest BCUT2D eigenvalue weighted by Crippen LogP contribution is -2.12. The number of aromatic nitrogens is 3. The Morgan fingerprint density at radius 1 is 0.853 bits per heavy atom. The molecule has 0 spiro atoms. The molecule has 1 N–H and O–H groups in total. The molecule has 3 aromatic carbocycles. The molecular weight excluding hydrogens is 479 g/mol. The van der Waals surface area contributed by atoms with Crippen molar-refractivity contribution in [1.82, 2.24) is 14.8 Å². The number of amides is 1. The van der Waals surface area contributed by atoms with Gasteiger partial charge in [0.05, 0.1) is 37.1 Å². The van der Waals surface area contributed by atoms with Crippen LogP contribution in [0.2, 0.25) is 10.0 Å². The molecule has 0 aliphatic carbocycles. The highest BCUT2D eigenvalue weighted by Crippen LogP contribution is 2.30. The largest absolute Gasteiger partial charge is 0.497 e. The van der Waals surface area contributed by atoms with Gasteiger partial charge in [-0.05, 0) is 54.6 Å². The van der Waals surface area contributed by atoms with E-state index in [4.69, 9.17) is 37.4 Å². The Bertz CT molecular complexity index is 1320. The third-order valence-electron chi connectivity index (χ3n) is 4.93. The Balaban J connectivity index is 1.60. The molecule has 1 aromatic heterocycles. The van der Waals surface area contributed by atoms with Gasteiger partial charge in [-0.15, -0.1) is 5.10 Å². The molecule has 0 saturated carbocycles. The van der Waals surface area contributed by atoms with Crippen molar-refractivity contribution in [3.63, 3.8) is 0 Å². The molecule has 1 heterocycles. The molecule has 174 valence electrons. The van der Waals surface area contributed by atoms with Crippen LogP contribution in [0.1, 0.15) is 10.4 Å². The summed E-state index contributed by atoms with van der Waals surface area (Å²) in [5, 5.41) is 8.10. The normalized spacial score (nSPS) is 10.6. The van der Waals surface area contributed by atoms with Crippen LogP contribution in [0, 0.1) is 0 Å². The number of hydrogen-bond donors (Lipinski definition) is 1. The molecule has 4 aromatic rings. The smallest absolute Gasteiger partial charge is 0.336 e. The Kier molecular flexibility index (Phi) is 6.90. The van der Waals surface area contributed by atoms with Gasteiger partial charge in [-0.1, -0.05) is 23.2 Å². The van der Waals surface area contributed by atoms with Crippen LogP contribution in [0.4, 0.5) is 5.69 Å². The van der Waals surface area contributed by atoms with Crippen molar-refractivity contribution in [2.75, 3.05) is 26.6 Å². The predicted octanol–water partition coefficient (Wildman–Crippen LogP) is 5.52. The molecule has 1 amide bonds. The molecule has 34 heavy (non-hydrogen) atoms. The van der Waals surface area contributed by atoms with Crippen LogP contribution in [0.3, 0.4) is 0 Å². The molecule has 8 nitrogen and oxygen atoms in total. The summed E-state index contributed by atoms with van der Waals surface area (Å²) in [5.41, 5.74) is 2.43. The van der Waals surface area contributed by atoms with Crippen molar-refractivity contribution in [2.24, 2.45) is 0 Å². The van der Waals surface area contributed by atoms with Crippen molar-refractivity contribution >= 4 is 34.8 Å². The van der Waals surface area contributed by atoms with E-state index < -0.39 is 0 Å². The summed E-state index contributed by atoms with van der Waals surface area (Å²) in [6, 6.07) is 17.5. The van der Waals surface area contributed by atoms with Gasteiger partial charge in [-0.25, -0.2) is 4.68 Å². The molecule has 0 bridgehead atoms. The molecule has 4 rings (SSSR count). The summed E-state index contributed by atoms with van der Waals surface area (Å²) in [6.45, 7) is 0. The van der Waals surface area contributed by atoms with Crippen molar-refractivity contribution in [1.29, 1.82) is 0 Å². The number of nitrogens with one attached hydrogen (secondary N) is 1. The van der Waals surface area contributed by atoms with Gasteiger partial charge in [0.15, 0.2) is 5.82 Å². The Morgan fingerprint density at radius 3 is 2.12 bits per heavy atom.